The van der Waals surface area contributed by atoms with Gasteiger partial charge in [-0.15, -0.1) is 0 Å². The number of rotatable bonds is 4. The molecule has 1 fully saturated rings. The number of nitrogens with zero attached hydrogens (tertiary/aromatic N) is 1. The summed E-state index contributed by atoms with van der Waals surface area (Å²) in [6.07, 6.45) is 1.32. The lowest BCUT2D eigenvalue weighted by Gasteiger charge is -2.21. The van der Waals surface area contributed by atoms with Crippen LogP contribution in [0.1, 0.15) is 33.1 Å². The van der Waals surface area contributed by atoms with E-state index in [1.165, 1.54) is 0 Å². The Morgan fingerprint density at radius 2 is 2.18 bits per heavy atom. The van der Waals surface area contributed by atoms with Crippen LogP contribution < -0.4 is 0 Å². The van der Waals surface area contributed by atoms with E-state index in [2.05, 4.69) is 0 Å². The maximum Gasteiger partial charge on any atom is 0.306 e. The van der Waals surface area contributed by atoms with Crippen molar-refractivity contribution in [3.8, 4) is 0 Å². The zero-order chi connectivity index (χ0) is 12.7. The summed E-state index contributed by atoms with van der Waals surface area (Å²) >= 11 is 0. The number of carbonyl (C=O) groups is 2. The first-order chi connectivity index (χ1) is 8.13. The summed E-state index contributed by atoms with van der Waals surface area (Å²) < 4.78 is 10.3. The molecule has 0 aliphatic carbocycles. The molecule has 0 aromatic carbocycles. The Hall–Kier alpha value is -1.10. The van der Waals surface area contributed by atoms with E-state index in [1.54, 1.807) is 11.8 Å². The maximum absolute atomic E-state index is 11.9. The van der Waals surface area contributed by atoms with Crippen molar-refractivity contribution in [2.75, 3.05) is 26.3 Å². The molecular weight excluding hydrogens is 222 g/mol. The van der Waals surface area contributed by atoms with Crippen LogP contribution in [-0.2, 0) is 19.1 Å². The van der Waals surface area contributed by atoms with Crippen molar-refractivity contribution >= 4 is 11.9 Å². The second kappa shape index (κ2) is 7.27. The largest absolute Gasteiger partial charge is 0.466 e. The first-order valence-electron chi connectivity index (χ1n) is 6.18. The Morgan fingerprint density at radius 1 is 1.41 bits per heavy atom. The number of amides is 1. The van der Waals surface area contributed by atoms with Crippen LogP contribution in [0.15, 0.2) is 0 Å². The van der Waals surface area contributed by atoms with Gasteiger partial charge in [-0.25, -0.2) is 0 Å². The van der Waals surface area contributed by atoms with Crippen molar-refractivity contribution < 1.29 is 19.1 Å². The summed E-state index contributed by atoms with van der Waals surface area (Å²) in [4.78, 5) is 24.8. The van der Waals surface area contributed by atoms with Gasteiger partial charge in [-0.1, -0.05) is 0 Å². The van der Waals surface area contributed by atoms with Crippen LogP contribution in [0.25, 0.3) is 0 Å². The molecule has 1 saturated heterocycles. The lowest BCUT2D eigenvalue weighted by atomic mass is 10.2. The third kappa shape index (κ3) is 5.17. The van der Waals surface area contributed by atoms with Crippen LogP contribution in [0, 0.1) is 0 Å². The van der Waals surface area contributed by atoms with Gasteiger partial charge in [0.2, 0.25) is 5.91 Å². The van der Waals surface area contributed by atoms with Crippen molar-refractivity contribution in [2.45, 2.75) is 39.2 Å². The Bertz CT molecular complexity index is 267. The van der Waals surface area contributed by atoms with Crippen LogP contribution in [-0.4, -0.2) is 49.2 Å². The first-order valence-corrected chi connectivity index (χ1v) is 6.18. The lowest BCUT2D eigenvalue weighted by molar-refractivity contribution is -0.145. The first kappa shape index (κ1) is 14.0. The van der Waals surface area contributed by atoms with Gasteiger partial charge in [0.05, 0.1) is 19.1 Å². The highest BCUT2D eigenvalue weighted by atomic mass is 16.5. The second-order valence-corrected chi connectivity index (χ2v) is 4.18. The zero-order valence-electron chi connectivity index (χ0n) is 10.6. The molecular formula is C12H21NO4. The Balaban J connectivity index is 2.33. The predicted octanol–water partition coefficient (Wildman–Crippen LogP) is 0.967. The highest BCUT2D eigenvalue weighted by molar-refractivity contribution is 5.81. The monoisotopic (exact) mass is 243 g/mol. The van der Waals surface area contributed by atoms with Crippen molar-refractivity contribution in [3.05, 3.63) is 0 Å². The molecule has 1 amide bonds. The number of ether oxygens (including phenoxy) is 2. The quantitative estimate of drug-likeness (QED) is 0.690. The summed E-state index contributed by atoms with van der Waals surface area (Å²) in [6.45, 7) is 6.10. The zero-order valence-corrected chi connectivity index (χ0v) is 10.6. The molecule has 1 unspecified atom stereocenters. The fourth-order valence-corrected chi connectivity index (χ4v) is 1.82. The van der Waals surface area contributed by atoms with Gasteiger partial charge >= 0.3 is 5.97 Å². The molecule has 1 aliphatic heterocycles. The Labute approximate surface area is 102 Å². The summed E-state index contributed by atoms with van der Waals surface area (Å²) in [6, 6.07) is 0. The van der Waals surface area contributed by atoms with Crippen molar-refractivity contribution in [1.29, 1.82) is 0 Å². The highest BCUT2D eigenvalue weighted by Crippen LogP contribution is 2.08. The summed E-state index contributed by atoms with van der Waals surface area (Å²) in [5.41, 5.74) is 0. The van der Waals surface area contributed by atoms with Gasteiger partial charge in [0, 0.05) is 26.1 Å². The molecule has 0 saturated carbocycles. The summed E-state index contributed by atoms with van der Waals surface area (Å²) in [5.74, 6) is -0.296. The number of hydrogen-bond donors (Lipinski definition) is 0. The lowest BCUT2D eigenvalue weighted by Crippen LogP contribution is -2.36. The van der Waals surface area contributed by atoms with Gasteiger partial charge < -0.3 is 14.4 Å². The molecule has 98 valence electrons. The van der Waals surface area contributed by atoms with E-state index in [0.717, 1.165) is 6.42 Å². The molecule has 0 N–H and O–H groups in total. The van der Waals surface area contributed by atoms with E-state index in [9.17, 15) is 9.59 Å². The molecule has 0 aromatic heterocycles. The molecule has 0 radical (unpaired) electrons. The second-order valence-electron chi connectivity index (χ2n) is 4.18. The Kier molecular flexibility index (Phi) is 5.97. The van der Waals surface area contributed by atoms with E-state index < -0.39 is 0 Å². The molecule has 5 nitrogen and oxygen atoms in total. The van der Waals surface area contributed by atoms with Crippen LogP contribution >= 0.6 is 0 Å². The minimum atomic E-state index is -0.306. The van der Waals surface area contributed by atoms with Gasteiger partial charge in [-0.3, -0.25) is 9.59 Å². The van der Waals surface area contributed by atoms with Crippen LogP contribution in [0.2, 0.25) is 0 Å². The minimum absolute atomic E-state index is 0.00963. The van der Waals surface area contributed by atoms with Crippen molar-refractivity contribution in [3.63, 3.8) is 0 Å². The predicted molar refractivity (Wildman–Crippen MR) is 62.5 cm³/mol. The molecule has 1 rings (SSSR count). The van der Waals surface area contributed by atoms with Crippen molar-refractivity contribution in [1.82, 2.24) is 4.90 Å². The summed E-state index contributed by atoms with van der Waals surface area (Å²) in [7, 11) is 0. The van der Waals surface area contributed by atoms with E-state index in [0.29, 0.717) is 26.3 Å². The summed E-state index contributed by atoms with van der Waals surface area (Å²) in [5, 5.41) is 0. The van der Waals surface area contributed by atoms with Gasteiger partial charge in [0.1, 0.15) is 0 Å². The number of esters is 1. The van der Waals surface area contributed by atoms with Crippen LogP contribution in [0.4, 0.5) is 0 Å². The molecule has 0 bridgehead atoms. The van der Waals surface area contributed by atoms with E-state index in [1.807, 2.05) is 6.92 Å². The number of carbonyl (C=O) groups excluding carboxylic acids is 2. The molecule has 0 spiro atoms. The standard InChI is InChI=1S/C12H21NO4/c1-3-16-12(15)6-5-11(14)13-7-4-8-17-10(2)9-13/h10H,3-9H2,1-2H3. The smallest absolute Gasteiger partial charge is 0.306 e. The van der Waals surface area contributed by atoms with E-state index >= 15 is 0 Å². The number of hydrogen-bond acceptors (Lipinski definition) is 4. The van der Waals surface area contributed by atoms with Gasteiger partial charge in [0.15, 0.2) is 0 Å². The van der Waals surface area contributed by atoms with Gasteiger partial charge in [-0.2, -0.15) is 0 Å². The van der Waals surface area contributed by atoms with Gasteiger partial charge in [-0.05, 0) is 20.3 Å². The fraction of sp³-hybridized carbons (Fsp3) is 0.833. The average molecular weight is 243 g/mol. The molecule has 1 atom stereocenters. The van der Waals surface area contributed by atoms with Crippen molar-refractivity contribution in [2.24, 2.45) is 0 Å². The highest BCUT2D eigenvalue weighted by Gasteiger charge is 2.20. The molecule has 5 heteroatoms. The average Bonchev–Trinajstić information content (AvgIpc) is 2.51. The van der Waals surface area contributed by atoms with Crippen LogP contribution in [0.3, 0.4) is 0 Å². The van der Waals surface area contributed by atoms with E-state index in [-0.39, 0.29) is 30.8 Å². The Morgan fingerprint density at radius 3 is 2.88 bits per heavy atom. The molecule has 0 aromatic rings. The normalized spacial score (nSPS) is 20.8. The van der Waals surface area contributed by atoms with Crippen LogP contribution in [0.5, 0.6) is 0 Å². The van der Waals surface area contributed by atoms with E-state index in [4.69, 9.17) is 9.47 Å². The van der Waals surface area contributed by atoms with Gasteiger partial charge in [0.25, 0.3) is 0 Å². The molecule has 1 heterocycles. The fourth-order valence-electron chi connectivity index (χ4n) is 1.82. The SMILES string of the molecule is CCOC(=O)CCC(=O)N1CCCOC(C)C1. The maximum atomic E-state index is 11.9. The third-order valence-corrected chi connectivity index (χ3v) is 2.65. The molecule has 17 heavy (non-hydrogen) atoms. The molecule has 1 aliphatic rings. The third-order valence-electron chi connectivity index (χ3n) is 2.65. The topological polar surface area (TPSA) is 55.8 Å². The minimum Gasteiger partial charge on any atom is -0.466 e.